The van der Waals surface area contributed by atoms with E-state index in [1.807, 2.05) is 5.38 Å². The molecule has 6 nitrogen and oxygen atoms in total. The van der Waals surface area contributed by atoms with E-state index in [4.69, 9.17) is 0 Å². The van der Waals surface area contributed by atoms with Crippen LogP contribution in [0.4, 0.5) is 11.1 Å². The van der Waals surface area contributed by atoms with E-state index in [2.05, 4.69) is 25.6 Å². The highest BCUT2D eigenvalue weighted by Crippen LogP contribution is 2.20. The number of hydrogen-bond donors (Lipinski definition) is 2. The summed E-state index contributed by atoms with van der Waals surface area (Å²) < 4.78 is 0. The van der Waals surface area contributed by atoms with Gasteiger partial charge in [0.15, 0.2) is 5.13 Å². The molecule has 2 heterocycles. The van der Waals surface area contributed by atoms with E-state index in [0.29, 0.717) is 23.5 Å². The van der Waals surface area contributed by atoms with Crippen LogP contribution in [-0.2, 0) is 11.2 Å². The SMILES string of the molecule is O=C(Cc1csc(Nc2ncccn2)n1)NC1CCCC1. The molecule has 0 saturated heterocycles. The number of carbonyl (C=O) groups excluding carboxylic acids is 1. The van der Waals surface area contributed by atoms with Crippen molar-refractivity contribution in [3.8, 4) is 0 Å². The van der Waals surface area contributed by atoms with E-state index in [9.17, 15) is 4.79 Å². The normalized spacial score (nSPS) is 15.0. The smallest absolute Gasteiger partial charge is 0.228 e. The van der Waals surface area contributed by atoms with Gasteiger partial charge in [-0.15, -0.1) is 11.3 Å². The van der Waals surface area contributed by atoms with E-state index >= 15 is 0 Å². The third-order valence-electron chi connectivity index (χ3n) is 3.40. The quantitative estimate of drug-likeness (QED) is 0.886. The third kappa shape index (κ3) is 3.98. The Kier molecular flexibility index (Phi) is 4.40. The fourth-order valence-corrected chi connectivity index (χ4v) is 3.12. The Morgan fingerprint density at radius 2 is 2.05 bits per heavy atom. The predicted molar refractivity (Wildman–Crippen MR) is 81.5 cm³/mol. The van der Waals surface area contributed by atoms with E-state index in [1.165, 1.54) is 24.2 Å². The molecule has 0 spiro atoms. The van der Waals surface area contributed by atoms with Crippen LogP contribution in [-0.4, -0.2) is 26.9 Å². The molecular formula is C14H17N5OS. The van der Waals surface area contributed by atoms with Gasteiger partial charge in [-0.2, -0.15) is 0 Å². The first-order valence-corrected chi connectivity index (χ1v) is 7.95. The first-order valence-electron chi connectivity index (χ1n) is 7.07. The van der Waals surface area contributed by atoms with Gasteiger partial charge >= 0.3 is 0 Å². The second-order valence-corrected chi connectivity index (χ2v) is 5.93. The number of rotatable bonds is 5. The van der Waals surface area contributed by atoms with Crippen LogP contribution in [0.1, 0.15) is 31.4 Å². The molecular weight excluding hydrogens is 286 g/mol. The molecule has 0 aromatic carbocycles. The molecule has 7 heteroatoms. The zero-order chi connectivity index (χ0) is 14.5. The van der Waals surface area contributed by atoms with Gasteiger partial charge in [-0.3, -0.25) is 4.79 Å². The lowest BCUT2D eigenvalue weighted by Crippen LogP contribution is -2.33. The number of hydrogen-bond acceptors (Lipinski definition) is 6. The van der Waals surface area contributed by atoms with Crippen molar-refractivity contribution in [3.63, 3.8) is 0 Å². The third-order valence-corrected chi connectivity index (χ3v) is 4.20. The van der Waals surface area contributed by atoms with Crippen molar-refractivity contribution < 1.29 is 4.79 Å². The molecule has 21 heavy (non-hydrogen) atoms. The topological polar surface area (TPSA) is 79.8 Å². The Morgan fingerprint density at radius 1 is 1.29 bits per heavy atom. The summed E-state index contributed by atoms with van der Waals surface area (Å²) in [6, 6.07) is 2.11. The van der Waals surface area contributed by atoms with Gasteiger partial charge < -0.3 is 10.6 Å². The fraction of sp³-hybridized carbons (Fsp3) is 0.429. The van der Waals surface area contributed by atoms with Gasteiger partial charge in [-0.05, 0) is 18.9 Å². The molecule has 110 valence electrons. The van der Waals surface area contributed by atoms with Crippen molar-refractivity contribution in [2.45, 2.75) is 38.1 Å². The molecule has 2 aromatic heterocycles. The summed E-state index contributed by atoms with van der Waals surface area (Å²) in [7, 11) is 0. The first kappa shape index (κ1) is 13.9. The highest BCUT2D eigenvalue weighted by Gasteiger charge is 2.17. The summed E-state index contributed by atoms with van der Waals surface area (Å²) in [6.07, 6.45) is 8.28. The molecule has 0 aliphatic heterocycles. The minimum absolute atomic E-state index is 0.0507. The number of nitrogens with one attached hydrogen (secondary N) is 2. The number of aromatic nitrogens is 3. The van der Waals surface area contributed by atoms with Crippen LogP contribution in [0.15, 0.2) is 23.8 Å². The molecule has 3 rings (SSSR count). The second kappa shape index (κ2) is 6.62. The van der Waals surface area contributed by atoms with Crippen LogP contribution >= 0.6 is 11.3 Å². The maximum atomic E-state index is 11.9. The van der Waals surface area contributed by atoms with Gasteiger partial charge in [0.05, 0.1) is 12.1 Å². The Labute approximate surface area is 127 Å². The second-order valence-electron chi connectivity index (χ2n) is 5.07. The predicted octanol–water partition coefficient (Wildman–Crippen LogP) is 2.28. The van der Waals surface area contributed by atoms with Crippen molar-refractivity contribution in [1.82, 2.24) is 20.3 Å². The molecule has 0 unspecified atom stereocenters. The van der Waals surface area contributed by atoms with Crippen LogP contribution in [0.25, 0.3) is 0 Å². The van der Waals surface area contributed by atoms with Crippen LogP contribution in [0.3, 0.4) is 0 Å². The maximum absolute atomic E-state index is 11.9. The Morgan fingerprint density at radius 3 is 2.81 bits per heavy atom. The summed E-state index contributed by atoms with van der Waals surface area (Å²) in [6.45, 7) is 0. The lowest BCUT2D eigenvalue weighted by atomic mass is 10.2. The molecule has 0 radical (unpaired) electrons. The Balaban J connectivity index is 1.53. The van der Waals surface area contributed by atoms with Gasteiger partial charge in [0.1, 0.15) is 0 Å². The Hall–Kier alpha value is -2.02. The number of anilines is 2. The van der Waals surface area contributed by atoms with Crippen molar-refractivity contribution in [2.24, 2.45) is 0 Å². The van der Waals surface area contributed by atoms with Crippen molar-refractivity contribution >= 4 is 28.3 Å². The maximum Gasteiger partial charge on any atom is 0.228 e. The molecule has 1 saturated carbocycles. The summed E-state index contributed by atoms with van der Waals surface area (Å²) >= 11 is 1.45. The van der Waals surface area contributed by atoms with Gasteiger partial charge in [-0.1, -0.05) is 12.8 Å². The van der Waals surface area contributed by atoms with E-state index in [-0.39, 0.29) is 5.91 Å². The minimum Gasteiger partial charge on any atom is -0.353 e. The van der Waals surface area contributed by atoms with Crippen LogP contribution < -0.4 is 10.6 Å². The molecule has 2 N–H and O–H groups in total. The molecule has 1 aliphatic carbocycles. The van der Waals surface area contributed by atoms with Crippen LogP contribution in [0, 0.1) is 0 Å². The van der Waals surface area contributed by atoms with E-state index in [0.717, 1.165) is 18.5 Å². The highest BCUT2D eigenvalue weighted by molar-refractivity contribution is 7.13. The fourth-order valence-electron chi connectivity index (χ4n) is 2.42. The average molecular weight is 303 g/mol. The lowest BCUT2D eigenvalue weighted by molar-refractivity contribution is -0.121. The van der Waals surface area contributed by atoms with Crippen molar-refractivity contribution in [2.75, 3.05) is 5.32 Å². The summed E-state index contributed by atoms with van der Waals surface area (Å²) in [5, 5.41) is 8.68. The summed E-state index contributed by atoms with van der Waals surface area (Å²) in [5.41, 5.74) is 0.772. The van der Waals surface area contributed by atoms with Gasteiger partial charge in [-0.25, -0.2) is 15.0 Å². The molecule has 2 aromatic rings. The number of nitrogens with zero attached hydrogens (tertiary/aromatic N) is 3. The van der Waals surface area contributed by atoms with Crippen molar-refractivity contribution in [1.29, 1.82) is 0 Å². The van der Waals surface area contributed by atoms with Gasteiger partial charge in [0.25, 0.3) is 0 Å². The van der Waals surface area contributed by atoms with Gasteiger partial charge in [0.2, 0.25) is 11.9 Å². The minimum atomic E-state index is 0.0507. The van der Waals surface area contributed by atoms with E-state index in [1.54, 1.807) is 18.5 Å². The number of thiazole rings is 1. The first-order chi connectivity index (χ1) is 10.3. The monoisotopic (exact) mass is 303 g/mol. The molecule has 1 aliphatic rings. The molecule has 1 amide bonds. The van der Waals surface area contributed by atoms with E-state index < -0.39 is 0 Å². The van der Waals surface area contributed by atoms with Crippen LogP contribution in [0.5, 0.6) is 0 Å². The van der Waals surface area contributed by atoms with Crippen LogP contribution in [0.2, 0.25) is 0 Å². The number of amides is 1. The average Bonchev–Trinajstić information content (AvgIpc) is 3.12. The zero-order valence-electron chi connectivity index (χ0n) is 11.6. The van der Waals surface area contributed by atoms with Gasteiger partial charge in [0, 0.05) is 23.8 Å². The number of carbonyl (C=O) groups is 1. The molecule has 0 bridgehead atoms. The summed E-state index contributed by atoms with van der Waals surface area (Å²) in [5.74, 6) is 0.559. The lowest BCUT2D eigenvalue weighted by Gasteiger charge is -2.10. The molecule has 0 atom stereocenters. The molecule has 1 fully saturated rings. The van der Waals surface area contributed by atoms with Crippen molar-refractivity contribution in [3.05, 3.63) is 29.5 Å². The highest BCUT2D eigenvalue weighted by atomic mass is 32.1. The summed E-state index contributed by atoms with van der Waals surface area (Å²) in [4.78, 5) is 24.5. The standard InChI is InChI=1S/C14H17N5OS/c20-12(17-10-4-1-2-5-10)8-11-9-21-14(18-11)19-13-15-6-3-7-16-13/h3,6-7,9-10H,1-2,4-5,8H2,(H,17,20)(H,15,16,18,19). The Bertz CT molecular complexity index is 594. The largest absolute Gasteiger partial charge is 0.353 e. The zero-order valence-corrected chi connectivity index (χ0v) is 12.4.